The highest BCUT2D eigenvalue weighted by molar-refractivity contribution is 9.10. The van der Waals surface area contributed by atoms with Crippen LogP contribution in [-0.4, -0.2) is 5.25 Å². The fourth-order valence-electron chi connectivity index (χ4n) is 5.69. The van der Waals surface area contributed by atoms with Gasteiger partial charge in [-0.15, -0.1) is 11.8 Å². The van der Waals surface area contributed by atoms with E-state index in [0.717, 1.165) is 4.47 Å². The van der Waals surface area contributed by atoms with E-state index in [1.54, 1.807) is 0 Å². The molecule has 0 radical (unpaired) electrons. The Morgan fingerprint density at radius 3 is 2.56 bits per heavy atom. The summed E-state index contributed by atoms with van der Waals surface area (Å²) in [7, 11) is 0. The lowest BCUT2D eigenvalue weighted by Crippen LogP contribution is -2.21. The van der Waals surface area contributed by atoms with Crippen LogP contribution < -0.4 is 0 Å². The van der Waals surface area contributed by atoms with Crippen molar-refractivity contribution in [3.8, 4) is 11.1 Å². The molecule has 2 atom stereocenters. The van der Waals surface area contributed by atoms with Crippen molar-refractivity contribution in [2.45, 2.75) is 23.0 Å². The van der Waals surface area contributed by atoms with Crippen LogP contribution in [0.2, 0.25) is 0 Å². The van der Waals surface area contributed by atoms with Gasteiger partial charge in [0.25, 0.3) is 0 Å². The van der Waals surface area contributed by atoms with E-state index in [1.807, 2.05) is 0 Å². The Morgan fingerprint density at radius 2 is 1.66 bits per heavy atom. The maximum atomic E-state index is 3.83. The number of fused-ring (bicyclic) bond motifs is 8. The summed E-state index contributed by atoms with van der Waals surface area (Å²) in [6.45, 7) is 0. The molecule has 0 nitrogen and oxygen atoms in total. The Labute approximate surface area is 200 Å². The Kier molecular flexibility index (Phi) is 4.29. The lowest BCUT2D eigenvalue weighted by Gasteiger charge is -2.30. The molecule has 7 rings (SSSR count). The van der Waals surface area contributed by atoms with E-state index < -0.39 is 0 Å². The smallest absolute Gasteiger partial charge is 0.0419 e. The fraction of sp³-hybridized carbons (Fsp3) is 0.133. The molecule has 4 aromatic rings. The van der Waals surface area contributed by atoms with Crippen LogP contribution in [0.15, 0.2) is 106 Å². The first-order valence-electron chi connectivity index (χ1n) is 11.3. The third kappa shape index (κ3) is 2.76. The predicted molar refractivity (Wildman–Crippen MR) is 142 cm³/mol. The van der Waals surface area contributed by atoms with Gasteiger partial charge in [0.2, 0.25) is 0 Å². The molecule has 0 amide bonds. The van der Waals surface area contributed by atoms with E-state index >= 15 is 0 Å². The second kappa shape index (κ2) is 7.23. The molecule has 0 bridgehead atoms. The molecule has 2 unspecified atom stereocenters. The third-order valence-corrected chi connectivity index (χ3v) is 9.25. The minimum Gasteiger partial charge on any atom is -0.117 e. The summed E-state index contributed by atoms with van der Waals surface area (Å²) in [6, 6.07) is 24.7. The molecular formula is C30H21BrS. The van der Waals surface area contributed by atoms with Gasteiger partial charge in [-0.05, 0) is 74.9 Å². The van der Waals surface area contributed by atoms with Gasteiger partial charge < -0.3 is 0 Å². The van der Waals surface area contributed by atoms with Gasteiger partial charge in [0.1, 0.15) is 0 Å². The first-order chi connectivity index (χ1) is 15.8. The molecule has 0 saturated carbocycles. The van der Waals surface area contributed by atoms with Crippen LogP contribution in [0.25, 0.3) is 38.2 Å². The molecule has 4 aromatic carbocycles. The molecule has 2 aliphatic carbocycles. The van der Waals surface area contributed by atoms with Crippen LogP contribution in [0, 0.1) is 5.92 Å². The van der Waals surface area contributed by atoms with Crippen molar-refractivity contribution in [3.63, 3.8) is 0 Å². The first kappa shape index (κ1) is 19.0. The Hall–Kier alpha value is -2.55. The summed E-state index contributed by atoms with van der Waals surface area (Å²) < 4.78 is 1.15. The number of benzene rings is 4. The minimum absolute atomic E-state index is 0.539. The fourth-order valence-corrected chi connectivity index (χ4v) is 7.89. The monoisotopic (exact) mass is 492 g/mol. The maximum Gasteiger partial charge on any atom is 0.0419 e. The standard InChI is InChI=1S/C30H21BrS/c31-27-16-20(15-19-8-2-3-9-21(19)27)26-17-28-29(24-12-6-5-11-23(24)26)25-14-13-18-7-1-4-10-22(18)30(25)32-28/h1-3,5-9,11-17,22,30H,4,10H2. The average molecular weight is 493 g/mol. The molecule has 0 fully saturated rings. The van der Waals surface area contributed by atoms with Gasteiger partial charge in [-0.1, -0.05) is 88.8 Å². The number of hydrogen-bond donors (Lipinski definition) is 0. The molecular weight excluding hydrogens is 472 g/mol. The van der Waals surface area contributed by atoms with Crippen molar-refractivity contribution in [1.29, 1.82) is 0 Å². The van der Waals surface area contributed by atoms with Crippen LogP contribution in [0.5, 0.6) is 0 Å². The van der Waals surface area contributed by atoms with Crippen LogP contribution in [-0.2, 0) is 0 Å². The van der Waals surface area contributed by atoms with Crippen LogP contribution in [0.1, 0.15) is 18.4 Å². The third-order valence-electron chi connectivity index (χ3n) is 7.18. The van der Waals surface area contributed by atoms with Crippen molar-refractivity contribution in [3.05, 3.63) is 107 Å². The topological polar surface area (TPSA) is 0 Å². The molecule has 3 aliphatic rings. The Balaban J connectivity index is 1.47. The number of rotatable bonds is 1. The highest BCUT2D eigenvalue weighted by Crippen LogP contribution is 2.56. The normalized spacial score (nSPS) is 21.2. The van der Waals surface area contributed by atoms with Gasteiger partial charge in [-0.2, -0.15) is 0 Å². The molecule has 32 heavy (non-hydrogen) atoms. The largest absolute Gasteiger partial charge is 0.117 e. The van der Waals surface area contributed by atoms with E-state index in [-0.39, 0.29) is 0 Å². The predicted octanol–water partition coefficient (Wildman–Crippen LogP) is 9.19. The molecule has 2 heteroatoms. The summed E-state index contributed by atoms with van der Waals surface area (Å²) in [4.78, 5) is 1.43. The highest BCUT2D eigenvalue weighted by Gasteiger charge is 2.38. The van der Waals surface area contributed by atoms with E-state index in [2.05, 4.69) is 119 Å². The van der Waals surface area contributed by atoms with Gasteiger partial charge in [-0.25, -0.2) is 0 Å². The highest BCUT2D eigenvalue weighted by atomic mass is 79.9. The Morgan fingerprint density at radius 1 is 0.844 bits per heavy atom. The number of thioether (sulfide) groups is 1. The van der Waals surface area contributed by atoms with Crippen molar-refractivity contribution in [2.24, 2.45) is 5.92 Å². The zero-order valence-corrected chi connectivity index (χ0v) is 19.9. The molecule has 0 saturated heterocycles. The summed E-state index contributed by atoms with van der Waals surface area (Å²) in [5.41, 5.74) is 7.10. The first-order valence-corrected chi connectivity index (χ1v) is 12.9. The second-order valence-electron chi connectivity index (χ2n) is 8.94. The average Bonchev–Trinajstić information content (AvgIpc) is 3.23. The molecule has 154 valence electrons. The molecule has 0 spiro atoms. The van der Waals surface area contributed by atoms with E-state index in [0.29, 0.717) is 11.2 Å². The van der Waals surface area contributed by atoms with Crippen LogP contribution in [0.4, 0.5) is 0 Å². The van der Waals surface area contributed by atoms with Crippen molar-refractivity contribution >= 4 is 54.8 Å². The van der Waals surface area contributed by atoms with Gasteiger partial charge in [-0.3, -0.25) is 0 Å². The summed E-state index contributed by atoms with van der Waals surface area (Å²) >= 11 is 5.91. The van der Waals surface area contributed by atoms with Crippen LogP contribution in [0.3, 0.4) is 0 Å². The SMILES string of the molecule is Brc1cc(-c2cc3c(c4ccccc24)C2=CC=C4C=CCCC4C2S3)cc2ccccc12. The van der Waals surface area contributed by atoms with Gasteiger partial charge in [0, 0.05) is 26.1 Å². The zero-order chi connectivity index (χ0) is 21.2. The van der Waals surface area contributed by atoms with Crippen molar-refractivity contribution in [1.82, 2.24) is 0 Å². The Bertz CT molecular complexity index is 1520. The lowest BCUT2D eigenvalue weighted by atomic mass is 9.78. The minimum atomic E-state index is 0.539. The second-order valence-corrected chi connectivity index (χ2v) is 11.0. The van der Waals surface area contributed by atoms with E-state index in [1.165, 1.54) is 67.1 Å². The summed E-state index contributed by atoms with van der Waals surface area (Å²) in [6.07, 6.45) is 11.9. The molecule has 0 N–H and O–H groups in total. The molecule has 0 aromatic heterocycles. The van der Waals surface area contributed by atoms with Crippen LogP contribution >= 0.6 is 27.7 Å². The number of hydrogen-bond acceptors (Lipinski definition) is 1. The van der Waals surface area contributed by atoms with Crippen molar-refractivity contribution < 1.29 is 0 Å². The maximum absolute atomic E-state index is 3.83. The zero-order valence-electron chi connectivity index (χ0n) is 17.5. The molecule has 1 aliphatic heterocycles. The lowest BCUT2D eigenvalue weighted by molar-refractivity contribution is 0.585. The number of allylic oxidation sites excluding steroid dienone is 5. The number of halogens is 1. The van der Waals surface area contributed by atoms with E-state index in [9.17, 15) is 0 Å². The van der Waals surface area contributed by atoms with Gasteiger partial charge in [0.15, 0.2) is 0 Å². The molecule has 1 heterocycles. The summed E-state index contributed by atoms with van der Waals surface area (Å²) in [5.74, 6) is 0.634. The van der Waals surface area contributed by atoms with E-state index in [4.69, 9.17) is 0 Å². The quantitative estimate of drug-likeness (QED) is 0.255. The van der Waals surface area contributed by atoms with Crippen molar-refractivity contribution in [2.75, 3.05) is 0 Å². The summed E-state index contributed by atoms with van der Waals surface area (Å²) in [5, 5.41) is 5.80. The van der Waals surface area contributed by atoms with Gasteiger partial charge >= 0.3 is 0 Å². The van der Waals surface area contributed by atoms with Gasteiger partial charge in [0.05, 0.1) is 0 Å².